The van der Waals surface area contributed by atoms with Gasteiger partial charge in [-0.25, -0.2) is 0 Å². The van der Waals surface area contributed by atoms with E-state index in [1.54, 1.807) is 0 Å². The van der Waals surface area contributed by atoms with Crippen LogP contribution >= 0.6 is 11.1 Å². The van der Waals surface area contributed by atoms with Gasteiger partial charge in [-0.15, -0.1) is 11.1 Å². The lowest BCUT2D eigenvalue weighted by molar-refractivity contribution is 0.822. The van der Waals surface area contributed by atoms with Gasteiger partial charge in [0.25, 0.3) is 0 Å². The number of hydrogen-bond acceptors (Lipinski definition) is 1. The second-order valence-electron chi connectivity index (χ2n) is 2.42. The van der Waals surface area contributed by atoms with Crippen molar-refractivity contribution in [1.82, 2.24) is 4.23 Å². The minimum atomic E-state index is -1.39. The first kappa shape index (κ1) is 8.68. The summed E-state index contributed by atoms with van der Waals surface area (Å²) in [6.45, 7) is 6.58. The van der Waals surface area contributed by atoms with E-state index in [0.29, 0.717) is 0 Å². The highest BCUT2D eigenvalue weighted by Gasteiger charge is 2.20. The van der Waals surface area contributed by atoms with Gasteiger partial charge < -0.3 is 4.23 Å². The molecule has 0 spiro atoms. The molecule has 0 amide bonds. The maximum Gasteiger partial charge on any atom is 0.216 e. The largest absolute Gasteiger partial charge is 0.342 e. The topological polar surface area (TPSA) is 3.24 Å². The summed E-state index contributed by atoms with van der Waals surface area (Å²) in [5.41, 5.74) is 0. The minimum Gasteiger partial charge on any atom is -0.342 e. The maximum atomic E-state index is 6.08. The molecule has 0 unspecified atom stereocenters. The van der Waals surface area contributed by atoms with Gasteiger partial charge in [0.15, 0.2) is 0 Å². The molecule has 0 atom stereocenters. The van der Waals surface area contributed by atoms with Crippen molar-refractivity contribution in [3.05, 3.63) is 0 Å². The Morgan fingerprint density at radius 3 is 1.88 bits per heavy atom. The van der Waals surface area contributed by atoms with Crippen molar-refractivity contribution in [2.45, 2.75) is 19.6 Å². The van der Waals surface area contributed by atoms with Crippen LogP contribution in [-0.2, 0) is 0 Å². The minimum absolute atomic E-state index is 0.00270. The Hall–Kier alpha value is 0.684. The lowest BCUT2D eigenvalue weighted by atomic mass is 11.6. The summed E-state index contributed by atoms with van der Waals surface area (Å²) in [6.07, 6.45) is 0. The van der Waals surface area contributed by atoms with Gasteiger partial charge >= 0.3 is 0 Å². The molecule has 0 rings (SSSR count). The van der Waals surface area contributed by atoms with Crippen molar-refractivity contribution in [2.24, 2.45) is 0 Å². The Labute approximate surface area is 59.7 Å². The average Bonchev–Trinajstić information content (AvgIpc) is 1.62. The summed E-state index contributed by atoms with van der Waals surface area (Å²) in [5, 5.41) is 0. The van der Waals surface area contributed by atoms with Crippen LogP contribution in [0, 0.1) is 0 Å². The number of hydrogen-bond donors (Lipinski definition) is 0. The fourth-order valence-corrected chi connectivity index (χ4v) is 4.46. The van der Waals surface area contributed by atoms with E-state index < -0.39 is 7.55 Å². The zero-order valence-corrected chi connectivity index (χ0v) is 9.20. The molecule has 0 aromatic rings. The maximum absolute atomic E-state index is 6.08. The molecule has 8 heavy (non-hydrogen) atoms. The third-order valence-corrected chi connectivity index (χ3v) is 8.93. The molecule has 0 aliphatic heterocycles. The predicted molar refractivity (Wildman–Crippen MR) is 45.5 cm³/mol. The summed E-state index contributed by atoms with van der Waals surface area (Å²) in [7, 11) is 0.734. The SMILES string of the molecule is C[SiH2]N(C)[Si](C)(C)Cl. The molecule has 0 radical (unpaired) electrons. The quantitative estimate of drug-likeness (QED) is 0.438. The zero-order chi connectivity index (χ0) is 6.78. The van der Waals surface area contributed by atoms with Gasteiger partial charge in [0, 0.05) is 0 Å². The molecule has 50 valence electrons. The molecule has 0 heterocycles. The molecule has 0 fully saturated rings. The monoisotopic (exact) mass is 167 g/mol. The summed E-state index contributed by atoms with van der Waals surface area (Å²) < 4.78 is 2.36. The van der Waals surface area contributed by atoms with E-state index in [1.165, 1.54) is 0 Å². The van der Waals surface area contributed by atoms with Crippen LogP contribution in [0.5, 0.6) is 0 Å². The summed E-state index contributed by atoms with van der Waals surface area (Å²) in [6, 6.07) is 0. The first-order valence-electron chi connectivity index (χ1n) is 2.88. The van der Waals surface area contributed by atoms with E-state index in [4.69, 9.17) is 11.1 Å². The van der Waals surface area contributed by atoms with Crippen molar-refractivity contribution < 1.29 is 0 Å². The van der Waals surface area contributed by atoms with Crippen molar-refractivity contribution >= 4 is 28.3 Å². The second kappa shape index (κ2) is 3.01. The third kappa shape index (κ3) is 2.86. The van der Waals surface area contributed by atoms with Crippen molar-refractivity contribution in [3.8, 4) is 0 Å². The fourth-order valence-electron chi connectivity index (χ4n) is 0.376. The highest BCUT2D eigenvalue weighted by atomic mass is 35.6. The standard InChI is InChI=1S/C4H14ClNSi2/c1-6(7-2)8(3,4)5/h7H2,1-4H3. The fraction of sp³-hybridized carbons (Fsp3) is 1.00. The Bertz CT molecular complexity index is 70.9. The summed E-state index contributed by atoms with van der Waals surface area (Å²) >= 11 is 6.08. The molecule has 0 saturated carbocycles. The molecule has 4 heteroatoms. The van der Waals surface area contributed by atoms with E-state index in [-0.39, 0.29) is 9.68 Å². The van der Waals surface area contributed by atoms with Crippen LogP contribution in [0.2, 0.25) is 19.6 Å². The lowest BCUT2D eigenvalue weighted by Crippen LogP contribution is -2.42. The lowest BCUT2D eigenvalue weighted by Gasteiger charge is -2.25. The van der Waals surface area contributed by atoms with E-state index in [9.17, 15) is 0 Å². The average molecular weight is 168 g/mol. The molecule has 0 bridgehead atoms. The third-order valence-electron chi connectivity index (χ3n) is 1.38. The van der Waals surface area contributed by atoms with Crippen molar-refractivity contribution in [1.29, 1.82) is 0 Å². The molecule has 0 aromatic heterocycles. The van der Waals surface area contributed by atoms with Crippen molar-refractivity contribution in [2.75, 3.05) is 7.05 Å². The van der Waals surface area contributed by atoms with E-state index >= 15 is 0 Å². The predicted octanol–water partition coefficient (Wildman–Crippen LogP) is 0.991. The van der Waals surface area contributed by atoms with E-state index in [0.717, 1.165) is 0 Å². The van der Waals surface area contributed by atoms with Gasteiger partial charge in [-0.2, -0.15) is 0 Å². The Morgan fingerprint density at radius 1 is 1.50 bits per heavy atom. The number of nitrogens with zero attached hydrogens (tertiary/aromatic N) is 1. The highest BCUT2D eigenvalue weighted by Crippen LogP contribution is 2.09. The molecule has 0 aromatic carbocycles. The number of rotatable bonds is 2. The Morgan fingerprint density at radius 2 is 1.88 bits per heavy atom. The normalized spacial score (nSPS) is 14.2. The van der Waals surface area contributed by atoms with Gasteiger partial charge in [0.05, 0.1) is 9.68 Å². The van der Waals surface area contributed by atoms with Crippen LogP contribution in [0.3, 0.4) is 0 Å². The summed E-state index contributed by atoms with van der Waals surface area (Å²) in [5.74, 6) is 0. The molecular weight excluding hydrogens is 154 g/mol. The van der Waals surface area contributed by atoms with Gasteiger partial charge in [0.2, 0.25) is 7.55 Å². The smallest absolute Gasteiger partial charge is 0.216 e. The first-order chi connectivity index (χ1) is 3.48. The van der Waals surface area contributed by atoms with Crippen molar-refractivity contribution in [3.63, 3.8) is 0 Å². The van der Waals surface area contributed by atoms with Gasteiger partial charge in [0.1, 0.15) is 0 Å². The van der Waals surface area contributed by atoms with Gasteiger partial charge in [-0.1, -0.05) is 6.55 Å². The van der Waals surface area contributed by atoms with Crippen LogP contribution in [0.15, 0.2) is 0 Å². The second-order valence-corrected chi connectivity index (χ2v) is 11.0. The van der Waals surface area contributed by atoms with E-state index in [2.05, 4.69) is 30.9 Å². The number of halogens is 1. The molecular formula is C4H14ClNSi2. The molecule has 0 aliphatic carbocycles. The zero-order valence-electron chi connectivity index (χ0n) is 6.03. The molecule has 0 N–H and O–H groups in total. The highest BCUT2D eigenvalue weighted by molar-refractivity contribution is 7.19. The van der Waals surface area contributed by atoms with E-state index in [1.807, 2.05) is 0 Å². The van der Waals surface area contributed by atoms with Crippen LogP contribution in [0.1, 0.15) is 0 Å². The summed E-state index contributed by atoms with van der Waals surface area (Å²) in [4.78, 5) is 0. The van der Waals surface area contributed by atoms with Crippen LogP contribution in [0.25, 0.3) is 0 Å². The molecule has 1 nitrogen and oxygen atoms in total. The molecule has 0 aliphatic rings. The first-order valence-corrected chi connectivity index (χ1v) is 8.89. The molecule has 0 saturated heterocycles. The van der Waals surface area contributed by atoms with Crippen LogP contribution in [0.4, 0.5) is 0 Å². The Balaban J connectivity index is 3.62. The van der Waals surface area contributed by atoms with Crippen LogP contribution in [-0.4, -0.2) is 28.5 Å². The van der Waals surface area contributed by atoms with Gasteiger partial charge in [-0.05, 0) is 20.1 Å². The Kier molecular flexibility index (Phi) is 3.26. The van der Waals surface area contributed by atoms with Gasteiger partial charge in [-0.3, -0.25) is 0 Å². The van der Waals surface area contributed by atoms with Crippen LogP contribution < -0.4 is 0 Å².